The van der Waals surface area contributed by atoms with E-state index in [9.17, 15) is 14.8 Å². The SMILES string of the molecule is O=[P+]1OCCCC1CC1CC(O)C(O)C(C2CCC2)O1. The Morgan fingerprint density at radius 2 is 1.95 bits per heavy atom. The van der Waals surface area contributed by atoms with Crippen LogP contribution in [0.5, 0.6) is 0 Å². The van der Waals surface area contributed by atoms with Gasteiger partial charge in [-0.05, 0) is 36.2 Å². The van der Waals surface area contributed by atoms with Crippen LogP contribution in [0.25, 0.3) is 0 Å². The van der Waals surface area contributed by atoms with Crippen molar-refractivity contribution in [2.45, 2.75) is 75.0 Å². The third kappa shape index (κ3) is 3.07. The number of aliphatic hydroxyl groups is 2. The van der Waals surface area contributed by atoms with E-state index in [0.29, 0.717) is 25.4 Å². The normalized spacial score (nSPS) is 45.1. The molecule has 3 rings (SSSR count). The van der Waals surface area contributed by atoms with E-state index in [1.807, 2.05) is 0 Å². The van der Waals surface area contributed by atoms with Gasteiger partial charge in [-0.25, -0.2) is 0 Å². The van der Waals surface area contributed by atoms with Crippen molar-refractivity contribution in [3.8, 4) is 0 Å². The predicted octanol–water partition coefficient (Wildman–Crippen LogP) is 1.98. The molecule has 3 aliphatic rings. The molecule has 0 aromatic carbocycles. The maximum Gasteiger partial charge on any atom is 0.511 e. The molecule has 5 nitrogen and oxygen atoms in total. The molecule has 2 saturated heterocycles. The smallest absolute Gasteiger partial charge is 0.390 e. The van der Waals surface area contributed by atoms with Crippen LogP contribution in [-0.2, 0) is 13.8 Å². The summed E-state index contributed by atoms with van der Waals surface area (Å²) in [6, 6.07) is 0. The molecule has 6 unspecified atom stereocenters. The summed E-state index contributed by atoms with van der Waals surface area (Å²) in [6.07, 6.45) is 4.42. The number of aliphatic hydroxyl groups excluding tert-OH is 2. The summed E-state index contributed by atoms with van der Waals surface area (Å²) >= 11 is 0. The maximum atomic E-state index is 11.9. The third-order valence-corrected chi connectivity index (χ3v) is 6.43. The molecule has 2 aliphatic heterocycles. The highest BCUT2D eigenvalue weighted by Gasteiger charge is 2.45. The summed E-state index contributed by atoms with van der Waals surface area (Å²) in [7, 11) is -1.60. The molecule has 1 aliphatic carbocycles. The first kappa shape index (κ1) is 14.9. The molecule has 0 amide bonds. The van der Waals surface area contributed by atoms with E-state index in [0.717, 1.165) is 25.7 Å². The molecule has 2 N–H and O–H groups in total. The average Bonchev–Trinajstić information content (AvgIpc) is 2.36. The van der Waals surface area contributed by atoms with Crippen LogP contribution >= 0.6 is 8.03 Å². The number of rotatable bonds is 3. The summed E-state index contributed by atoms with van der Waals surface area (Å²) < 4.78 is 23.1. The van der Waals surface area contributed by atoms with Gasteiger partial charge in [0.25, 0.3) is 0 Å². The minimum atomic E-state index is -1.60. The van der Waals surface area contributed by atoms with Crippen molar-refractivity contribution in [3.63, 3.8) is 0 Å². The van der Waals surface area contributed by atoms with Gasteiger partial charge in [0.2, 0.25) is 0 Å². The van der Waals surface area contributed by atoms with Gasteiger partial charge in [0, 0.05) is 12.8 Å². The maximum absolute atomic E-state index is 11.9. The van der Waals surface area contributed by atoms with Gasteiger partial charge in [0.1, 0.15) is 12.7 Å². The monoisotopic (exact) mass is 303 g/mol. The van der Waals surface area contributed by atoms with Crippen molar-refractivity contribution in [1.29, 1.82) is 0 Å². The Labute approximate surface area is 120 Å². The first-order valence-electron chi connectivity index (χ1n) is 7.76. The molecular weight excluding hydrogens is 279 g/mol. The lowest BCUT2D eigenvalue weighted by Crippen LogP contribution is -2.53. The van der Waals surface area contributed by atoms with Gasteiger partial charge in [0.05, 0.1) is 18.3 Å². The number of ether oxygens (including phenoxy) is 1. The minimum Gasteiger partial charge on any atom is -0.390 e. The van der Waals surface area contributed by atoms with Crippen LogP contribution in [0.2, 0.25) is 0 Å². The predicted molar refractivity (Wildman–Crippen MR) is 73.8 cm³/mol. The van der Waals surface area contributed by atoms with E-state index in [-0.39, 0.29) is 17.9 Å². The molecular formula is C14H24O5P+. The first-order valence-corrected chi connectivity index (χ1v) is 9.00. The lowest BCUT2D eigenvalue weighted by molar-refractivity contribution is -0.195. The summed E-state index contributed by atoms with van der Waals surface area (Å²) in [5.74, 6) is 0.374. The molecule has 6 atom stereocenters. The number of hydrogen-bond acceptors (Lipinski definition) is 5. The molecule has 2 heterocycles. The van der Waals surface area contributed by atoms with Gasteiger partial charge in [-0.1, -0.05) is 6.42 Å². The second-order valence-corrected chi connectivity index (χ2v) is 7.92. The van der Waals surface area contributed by atoms with E-state index in [1.165, 1.54) is 6.42 Å². The van der Waals surface area contributed by atoms with E-state index in [4.69, 9.17) is 9.26 Å². The van der Waals surface area contributed by atoms with Gasteiger partial charge < -0.3 is 14.9 Å². The Hall–Kier alpha value is -0.0600. The fourth-order valence-corrected chi connectivity index (χ4v) is 4.81. The largest absolute Gasteiger partial charge is 0.511 e. The van der Waals surface area contributed by atoms with Crippen LogP contribution in [-0.4, -0.2) is 46.9 Å². The van der Waals surface area contributed by atoms with Gasteiger partial charge >= 0.3 is 8.03 Å². The van der Waals surface area contributed by atoms with E-state index in [2.05, 4.69) is 0 Å². The molecule has 6 heteroatoms. The van der Waals surface area contributed by atoms with Crippen LogP contribution in [0.3, 0.4) is 0 Å². The quantitative estimate of drug-likeness (QED) is 0.780. The van der Waals surface area contributed by atoms with E-state index < -0.39 is 20.2 Å². The van der Waals surface area contributed by atoms with Crippen LogP contribution in [0.1, 0.15) is 44.9 Å². The second-order valence-electron chi connectivity index (χ2n) is 6.36. The van der Waals surface area contributed by atoms with Gasteiger partial charge in [-0.15, -0.1) is 4.52 Å². The molecule has 0 aromatic rings. The zero-order valence-electron chi connectivity index (χ0n) is 11.7. The lowest BCUT2D eigenvalue weighted by Gasteiger charge is -2.44. The van der Waals surface area contributed by atoms with Crippen LogP contribution in [0.4, 0.5) is 0 Å². The Bertz CT molecular complexity index is 359. The van der Waals surface area contributed by atoms with Crippen LogP contribution in [0, 0.1) is 5.92 Å². The van der Waals surface area contributed by atoms with Crippen molar-refractivity contribution >= 4 is 8.03 Å². The fraction of sp³-hybridized carbons (Fsp3) is 1.00. The summed E-state index contributed by atoms with van der Waals surface area (Å²) in [4.78, 5) is 0. The highest BCUT2D eigenvalue weighted by Crippen LogP contribution is 2.43. The number of hydrogen-bond donors (Lipinski definition) is 2. The standard InChI is InChI=1S/C14H24O5P/c15-12-8-10(7-11-5-2-6-18-20(11)17)19-14(13(12)16)9-3-1-4-9/h9-16H,1-8H2/q+1. The fourth-order valence-electron chi connectivity index (χ4n) is 3.49. The Morgan fingerprint density at radius 3 is 2.60 bits per heavy atom. The lowest BCUT2D eigenvalue weighted by atomic mass is 9.76. The van der Waals surface area contributed by atoms with Gasteiger partial charge in [-0.2, -0.15) is 0 Å². The first-order chi connectivity index (χ1) is 9.65. The highest BCUT2D eigenvalue weighted by atomic mass is 31.1. The van der Waals surface area contributed by atoms with Crippen molar-refractivity contribution in [2.75, 3.05) is 6.61 Å². The Balaban J connectivity index is 1.59. The van der Waals surface area contributed by atoms with Gasteiger partial charge in [-0.3, -0.25) is 0 Å². The van der Waals surface area contributed by atoms with Gasteiger partial charge in [0.15, 0.2) is 5.66 Å². The minimum absolute atomic E-state index is 0.0354. The molecule has 114 valence electrons. The molecule has 0 spiro atoms. The zero-order chi connectivity index (χ0) is 14.1. The van der Waals surface area contributed by atoms with Crippen LogP contribution in [0.15, 0.2) is 0 Å². The molecule has 0 radical (unpaired) electrons. The van der Waals surface area contributed by atoms with Crippen molar-refractivity contribution in [3.05, 3.63) is 0 Å². The van der Waals surface area contributed by atoms with Crippen molar-refractivity contribution < 1.29 is 24.0 Å². The van der Waals surface area contributed by atoms with E-state index in [1.54, 1.807) is 0 Å². The summed E-state index contributed by atoms with van der Waals surface area (Å²) in [5, 5.41) is 20.1. The van der Waals surface area contributed by atoms with Crippen molar-refractivity contribution in [1.82, 2.24) is 0 Å². The van der Waals surface area contributed by atoms with E-state index >= 15 is 0 Å². The molecule has 0 bridgehead atoms. The Kier molecular flexibility index (Phi) is 4.73. The average molecular weight is 303 g/mol. The zero-order valence-corrected chi connectivity index (χ0v) is 12.6. The molecule has 20 heavy (non-hydrogen) atoms. The molecule has 3 fully saturated rings. The van der Waals surface area contributed by atoms with Crippen LogP contribution < -0.4 is 0 Å². The Morgan fingerprint density at radius 1 is 1.15 bits per heavy atom. The summed E-state index contributed by atoms with van der Waals surface area (Å²) in [6.45, 7) is 0.587. The third-order valence-electron chi connectivity index (χ3n) is 4.93. The second kappa shape index (κ2) is 6.37. The summed E-state index contributed by atoms with van der Waals surface area (Å²) in [5.41, 5.74) is 0.0354. The topological polar surface area (TPSA) is 76.0 Å². The molecule has 1 saturated carbocycles. The molecule has 0 aromatic heterocycles. The van der Waals surface area contributed by atoms with Crippen molar-refractivity contribution in [2.24, 2.45) is 5.92 Å². The highest BCUT2D eigenvalue weighted by molar-refractivity contribution is 7.40.